The summed E-state index contributed by atoms with van der Waals surface area (Å²) in [7, 11) is 0. The smallest absolute Gasteiger partial charge is 0.102 e. The number of amidine groups is 2. The van der Waals surface area contributed by atoms with Crippen LogP contribution in [0.25, 0.3) is 0 Å². The zero-order chi connectivity index (χ0) is 17.6. The summed E-state index contributed by atoms with van der Waals surface area (Å²) in [6, 6.07) is 0. The number of epoxide rings is 3. The summed E-state index contributed by atoms with van der Waals surface area (Å²) in [6.45, 7) is 6.53. The van der Waals surface area contributed by atoms with Gasteiger partial charge in [-0.2, -0.15) is 0 Å². The Labute approximate surface area is 149 Å². The summed E-state index contributed by atoms with van der Waals surface area (Å²) in [4.78, 5) is 0. The molecule has 0 spiro atoms. The normalized spacial score (nSPS) is 51.6. The predicted molar refractivity (Wildman–Crippen MR) is 93.1 cm³/mol. The van der Waals surface area contributed by atoms with Gasteiger partial charge < -0.3 is 19.5 Å². The van der Waals surface area contributed by atoms with E-state index in [1.54, 1.807) is 0 Å². The highest BCUT2D eigenvalue weighted by molar-refractivity contribution is 6.07. The SMILES string of the molecule is CC1(C)OC1CCC1(C)OC1CCC12CC3C(=N)NC(=N)C3CC1O2. The van der Waals surface area contributed by atoms with Gasteiger partial charge in [-0.15, -0.1) is 0 Å². The third-order valence-corrected chi connectivity index (χ3v) is 7.37. The molecule has 0 radical (unpaired) electrons. The lowest BCUT2D eigenvalue weighted by molar-refractivity contribution is 0.239. The third kappa shape index (κ3) is 2.56. The summed E-state index contributed by atoms with van der Waals surface area (Å²) in [5.74, 6) is 1.37. The molecule has 1 aliphatic carbocycles. The van der Waals surface area contributed by atoms with E-state index in [2.05, 4.69) is 26.1 Å². The molecule has 6 heteroatoms. The van der Waals surface area contributed by atoms with Gasteiger partial charge in [0.05, 0.1) is 35.1 Å². The second kappa shape index (κ2) is 4.84. The van der Waals surface area contributed by atoms with Gasteiger partial charge in [0.15, 0.2) is 0 Å². The van der Waals surface area contributed by atoms with E-state index in [1.165, 1.54) is 0 Å². The minimum absolute atomic E-state index is 0.0179. The van der Waals surface area contributed by atoms with Crippen molar-refractivity contribution in [2.24, 2.45) is 11.8 Å². The average Bonchev–Trinajstić information content (AvgIpc) is 3.45. The molecule has 0 bridgehead atoms. The molecule has 6 nitrogen and oxygen atoms in total. The second-order valence-electron chi connectivity index (χ2n) is 9.48. The van der Waals surface area contributed by atoms with Gasteiger partial charge in [-0.25, -0.2) is 0 Å². The number of nitrogens with one attached hydrogen (secondary N) is 3. The largest absolute Gasteiger partial charge is 0.367 e. The topological polar surface area (TPSA) is 97.3 Å². The summed E-state index contributed by atoms with van der Waals surface area (Å²) < 4.78 is 17.8. The molecule has 0 aromatic rings. The first kappa shape index (κ1) is 16.2. The highest BCUT2D eigenvalue weighted by atomic mass is 16.6. The Morgan fingerprint density at radius 3 is 2.36 bits per heavy atom. The van der Waals surface area contributed by atoms with Gasteiger partial charge in [-0.1, -0.05) is 0 Å². The molecule has 7 unspecified atom stereocenters. The van der Waals surface area contributed by atoms with Crippen LogP contribution in [0.15, 0.2) is 0 Å². The molecule has 0 amide bonds. The number of hydrogen-bond donors (Lipinski definition) is 3. The third-order valence-electron chi connectivity index (χ3n) is 7.37. The van der Waals surface area contributed by atoms with Gasteiger partial charge in [0.2, 0.25) is 0 Å². The van der Waals surface area contributed by atoms with Crippen molar-refractivity contribution < 1.29 is 14.2 Å². The molecule has 5 rings (SSSR count). The molecule has 4 heterocycles. The van der Waals surface area contributed by atoms with Gasteiger partial charge >= 0.3 is 0 Å². The van der Waals surface area contributed by atoms with Gasteiger partial charge in [0.25, 0.3) is 0 Å². The number of hydrogen-bond acceptors (Lipinski definition) is 5. The summed E-state index contributed by atoms with van der Waals surface area (Å²) in [5.41, 5.74) is 0.0408. The average molecular weight is 347 g/mol. The van der Waals surface area contributed by atoms with Gasteiger partial charge in [0, 0.05) is 11.8 Å². The molecule has 4 saturated heterocycles. The van der Waals surface area contributed by atoms with Crippen molar-refractivity contribution >= 4 is 11.7 Å². The minimum Gasteiger partial charge on any atom is -0.367 e. The Hall–Kier alpha value is -0.980. The Bertz CT molecular complexity index is 650. The lowest BCUT2D eigenvalue weighted by atomic mass is 9.73. The standard InChI is InChI=1S/C19H29N3O3/c1-17(2)12(23-17)4-6-18(3)13(24-18)5-7-19-9-11-10(8-14(19)25-19)15(20)22-16(11)21/h10-14H,4-9H2,1-3H3,(H3,20,21,22). The summed E-state index contributed by atoms with van der Waals surface area (Å²) in [5, 5.41) is 19.0. The van der Waals surface area contributed by atoms with Crippen molar-refractivity contribution in [3.8, 4) is 0 Å². The first-order valence-corrected chi connectivity index (χ1v) is 9.70. The van der Waals surface area contributed by atoms with Crippen LogP contribution >= 0.6 is 0 Å². The van der Waals surface area contributed by atoms with Crippen molar-refractivity contribution in [1.29, 1.82) is 10.8 Å². The van der Waals surface area contributed by atoms with Crippen molar-refractivity contribution in [3.05, 3.63) is 0 Å². The summed E-state index contributed by atoms with van der Waals surface area (Å²) in [6.07, 6.45) is 7.02. The van der Waals surface area contributed by atoms with Crippen LogP contribution < -0.4 is 5.32 Å². The van der Waals surface area contributed by atoms with Gasteiger partial charge in [-0.05, 0) is 59.3 Å². The lowest BCUT2D eigenvalue weighted by Crippen LogP contribution is -2.33. The molecule has 138 valence electrons. The molecule has 0 aromatic carbocycles. The Morgan fingerprint density at radius 2 is 1.64 bits per heavy atom. The monoisotopic (exact) mass is 347 g/mol. The minimum atomic E-state index is -0.0474. The van der Waals surface area contributed by atoms with Crippen LogP contribution in [0, 0.1) is 22.7 Å². The fourth-order valence-electron chi connectivity index (χ4n) is 5.28. The molecule has 0 aromatic heterocycles. The van der Waals surface area contributed by atoms with Crippen LogP contribution in [0.1, 0.15) is 59.3 Å². The first-order valence-electron chi connectivity index (χ1n) is 9.70. The number of rotatable bonds is 6. The molecule has 4 aliphatic heterocycles. The Morgan fingerprint density at radius 1 is 0.960 bits per heavy atom. The number of fused-ring (bicyclic) bond motifs is 2. The van der Waals surface area contributed by atoms with Crippen LogP contribution in [0.2, 0.25) is 0 Å². The fourth-order valence-corrected chi connectivity index (χ4v) is 5.28. The molecule has 25 heavy (non-hydrogen) atoms. The maximum absolute atomic E-state index is 8.08. The molecule has 3 N–H and O–H groups in total. The van der Waals surface area contributed by atoms with Crippen LogP contribution in [0.3, 0.4) is 0 Å². The fraction of sp³-hybridized carbons (Fsp3) is 0.895. The van der Waals surface area contributed by atoms with E-state index in [0.29, 0.717) is 23.9 Å². The maximum atomic E-state index is 8.08. The van der Waals surface area contributed by atoms with Crippen molar-refractivity contribution in [2.75, 3.05) is 0 Å². The van der Waals surface area contributed by atoms with Crippen LogP contribution in [-0.4, -0.2) is 46.8 Å². The quantitative estimate of drug-likeness (QED) is 0.643. The van der Waals surface area contributed by atoms with Gasteiger partial charge in [-0.3, -0.25) is 10.8 Å². The van der Waals surface area contributed by atoms with Crippen molar-refractivity contribution in [3.63, 3.8) is 0 Å². The van der Waals surface area contributed by atoms with Crippen LogP contribution in [0.4, 0.5) is 0 Å². The molecule has 5 aliphatic rings. The lowest BCUT2D eigenvalue weighted by Gasteiger charge is -2.26. The van der Waals surface area contributed by atoms with Crippen LogP contribution in [0.5, 0.6) is 0 Å². The highest BCUT2D eigenvalue weighted by Crippen LogP contribution is 2.57. The van der Waals surface area contributed by atoms with Crippen molar-refractivity contribution in [2.45, 2.75) is 94.4 Å². The van der Waals surface area contributed by atoms with E-state index in [9.17, 15) is 0 Å². The molecule has 1 saturated carbocycles. The first-order chi connectivity index (χ1) is 11.7. The second-order valence-corrected chi connectivity index (χ2v) is 9.48. The summed E-state index contributed by atoms with van der Waals surface area (Å²) >= 11 is 0. The van der Waals surface area contributed by atoms with E-state index < -0.39 is 0 Å². The zero-order valence-corrected chi connectivity index (χ0v) is 15.4. The van der Waals surface area contributed by atoms with E-state index in [0.717, 1.165) is 38.5 Å². The van der Waals surface area contributed by atoms with Crippen LogP contribution in [-0.2, 0) is 14.2 Å². The number of ether oxygens (including phenoxy) is 3. The Kier molecular flexibility index (Phi) is 3.14. The maximum Gasteiger partial charge on any atom is 0.102 e. The van der Waals surface area contributed by atoms with E-state index in [1.807, 2.05) is 0 Å². The molecular formula is C19H29N3O3. The van der Waals surface area contributed by atoms with Crippen molar-refractivity contribution in [1.82, 2.24) is 5.32 Å². The molecule has 7 atom stereocenters. The molecular weight excluding hydrogens is 318 g/mol. The molecule has 5 fully saturated rings. The van der Waals surface area contributed by atoms with E-state index >= 15 is 0 Å². The zero-order valence-electron chi connectivity index (χ0n) is 15.4. The predicted octanol–water partition coefficient (Wildman–Crippen LogP) is 2.60. The Balaban J connectivity index is 1.12. The van der Waals surface area contributed by atoms with E-state index in [4.69, 9.17) is 25.0 Å². The van der Waals surface area contributed by atoms with Gasteiger partial charge in [0.1, 0.15) is 11.7 Å². The van der Waals surface area contributed by atoms with E-state index in [-0.39, 0.29) is 34.7 Å². The highest BCUT2D eigenvalue weighted by Gasteiger charge is 2.65.